The minimum Gasteiger partial charge on any atom is -0.493 e. The summed E-state index contributed by atoms with van der Waals surface area (Å²) in [6.07, 6.45) is 2.75. The van der Waals surface area contributed by atoms with Crippen LogP contribution in [0.15, 0.2) is 53.1 Å². The number of furan rings is 1. The molecule has 108 valence electrons. The number of rotatable bonds is 5. The average molecular weight is 366 g/mol. The molecule has 1 aromatic heterocycles. The molecule has 0 spiro atoms. The van der Waals surface area contributed by atoms with Gasteiger partial charge in [0.05, 0.1) is 12.9 Å². The second kappa shape index (κ2) is 6.54. The molecule has 0 saturated heterocycles. The maximum Gasteiger partial charge on any atom is 0.138 e. The number of benzene rings is 2. The Morgan fingerprint density at radius 3 is 2.67 bits per heavy atom. The highest BCUT2D eigenvalue weighted by Crippen LogP contribution is 2.33. The van der Waals surface area contributed by atoms with Crippen molar-refractivity contribution < 1.29 is 9.15 Å². The highest BCUT2D eigenvalue weighted by Gasteiger charge is 2.09. The molecule has 1 heterocycles. The molecule has 0 atom stereocenters. The van der Waals surface area contributed by atoms with E-state index in [-0.39, 0.29) is 0 Å². The lowest BCUT2D eigenvalue weighted by Crippen LogP contribution is -1.97. The van der Waals surface area contributed by atoms with Gasteiger partial charge in [0.15, 0.2) is 0 Å². The lowest BCUT2D eigenvalue weighted by Gasteiger charge is -2.04. The van der Waals surface area contributed by atoms with Gasteiger partial charge in [0, 0.05) is 27.4 Å². The molecule has 2 nitrogen and oxygen atoms in total. The minimum absolute atomic E-state index is 0.696. The van der Waals surface area contributed by atoms with Crippen LogP contribution in [0.3, 0.4) is 0 Å². The third kappa shape index (κ3) is 3.25. The quantitative estimate of drug-likeness (QED) is 0.414. The molecule has 21 heavy (non-hydrogen) atoms. The van der Waals surface area contributed by atoms with Crippen LogP contribution in [0.4, 0.5) is 0 Å². The van der Waals surface area contributed by atoms with E-state index in [4.69, 9.17) is 20.8 Å². The summed E-state index contributed by atoms with van der Waals surface area (Å²) in [4.78, 5) is 0. The van der Waals surface area contributed by atoms with E-state index in [1.165, 1.54) is 0 Å². The summed E-state index contributed by atoms with van der Waals surface area (Å²) in [6, 6.07) is 13.7. The van der Waals surface area contributed by atoms with E-state index < -0.39 is 0 Å². The van der Waals surface area contributed by atoms with Crippen LogP contribution in [0.2, 0.25) is 5.02 Å². The zero-order valence-corrected chi connectivity index (χ0v) is 13.7. The van der Waals surface area contributed by atoms with Gasteiger partial charge in [-0.05, 0) is 36.2 Å². The zero-order chi connectivity index (χ0) is 14.7. The number of alkyl halides is 1. The van der Waals surface area contributed by atoms with Gasteiger partial charge < -0.3 is 9.15 Å². The summed E-state index contributed by atoms with van der Waals surface area (Å²) in [5.41, 5.74) is 2.98. The van der Waals surface area contributed by atoms with E-state index in [9.17, 15) is 0 Å². The van der Waals surface area contributed by atoms with Crippen molar-refractivity contribution in [1.82, 2.24) is 0 Å². The first-order chi connectivity index (χ1) is 10.3. The first-order valence-corrected chi connectivity index (χ1v) is 8.24. The van der Waals surface area contributed by atoms with E-state index in [1.54, 1.807) is 6.26 Å². The molecule has 0 aliphatic rings. The van der Waals surface area contributed by atoms with Crippen LogP contribution in [-0.2, 0) is 0 Å². The zero-order valence-electron chi connectivity index (χ0n) is 11.3. The van der Waals surface area contributed by atoms with E-state index in [0.717, 1.165) is 44.6 Å². The van der Waals surface area contributed by atoms with E-state index in [2.05, 4.69) is 15.9 Å². The molecule has 0 amide bonds. The highest BCUT2D eigenvalue weighted by molar-refractivity contribution is 9.09. The molecule has 0 fully saturated rings. The molecule has 0 radical (unpaired) electrons. The molecular formula is C17H14BrClO2. The van der Waals surface area contributed by atoms with Crippen molar-refractivity contribution in [2.24, 2.45) is 0 Å². The van der Waals surface area contributed by atoms with Crippen LogP contribution in [0.5, 0.6) is 5.75 Å². The van der Waals surface area contributed by atoms with Gasteiger partial charge in [-0.2, -0.15) is 0 Å². The second-order valence-electron chi connectivity index (χ2n) is 4.71. The Kier molecular flexibility index (Phi) is 4.51. The van der Waals surface area contributed by atoms with Crippen molar-refractivity contribution in [3.05, 3.63) is 53.8 Å². The highest BCUT2D eigenvalue weighted by atomic mass is 79.9. The molecule has 3 aromatic rings. The van der Waals surface area contributed by atoms with Gasteiger partial charge in [0.25, 0.3) is 0 Å². The van der Waals surface area contributed by atoms with Gasteiger partial charge in [0.2, 0.25) is 0 Å². The first-order valence-electron chi connectivity index (χ1n) is 6.74. The largest absolute Gasteiger partial charge is 0.493 e. The predicted molar refractivity (Wildman–Crippen MR) is 90.6 cm³/mol. The Labute approximate surface area is 136 Å². The molecule has 0 aliphatic carbocycles. The molecule has 3 rings (SSSR count). The van der Waals surface area contributed by atoms with Gasteiger partial charge >= 0.3 is 0 Å². The van der Waals surface area contributed by atoms with Crippen LogP contribution in [0, 0.1) is 0 Å². The second-order valence-corrected chi connectivity index (χ2v) is 5.93. The summed E-state index contributed by atoms with van der Waals surface area (Å²) >= 11 is 9.32. The molecule has 4 heteroatoms. The van der Waals surface area contributed by atoms with Crippen LogP contribution < -0.4 is 4.74 Å². The summed E-state index contributed by atoms with van der Waals surface area (Å²) < 4.78 is 11.3. The van der Waals surface area contributed by atoms with Crippen molar-refractivity contribution in [3.63, 3.8) is 0 Å². The topological polar surface area (TPSA) is 22.4 Å². The summed E-state index contributed by atoms with van der Waals surface area (Å²) in [5.74, 6) is 0.834. The van der Waals surface area contributed by atoms with E-state index >= 15 is 0 Å². The number of hydrogen-bond donors (Lipinski definition) is 0. The average Bonchev–Trinajstić information content (AvgIpc) is 2.91. The van der Waals surface area contributed by atoms with Gasteiger partial charge in [-0.1, -0.05) is 39.7 Å². The molecule has 0 bridgehead atoms. The van der Waals surface area contributed by atoms with Crippen LogP contribution in [0.25, 0.3) is 22.1 Å². The molecule has 0 saturated carbocycles. The van der Waals surface area contributed by atoms with Gasteiger partial charge in [-0.25, -0.2) is 0 Å². The first kappa shape index (κ1) is 14.5. The normalized spacial score (nSPS) is 11.0. The van der Waals surface area contributed by atoms with Crippen LogP contribution >= 0.6 is 27.5 Å². The van der Waals surface area contributed by atoms with Crippen LogP contribution in [0.1, 0.15) is 6.42 Å². The summed E-state index contributed by atoms with van der Waals surface area (Å²) in [6.45, 7) is 0.696. The van der Waals surface area contributed by atoms with Crippen molar-refractivity contribution in [3.8, 4) is 16.9 Å². The Balaban J connectivity index is 1.90. The molecule has 0 N–H and O–H groups in total. The van der Waals surface area contributed by atoms with Crippen molar-refractivity contribution >= 4 is 38.5 Å². The Bertz CT molecular complexity index is 734. The standard InChI is InChI=1S/C17H14BrClO2/c18-8-1-9-20-14-6-7-15-16(11-21-17(15)10-14)12-2-4-13(19)5-3-12/h2-7,10-11H,1,8-9H2. The van der Waals surface area contributed by atoms with Gasteiger partial charge in [0.1, 0.15) is 11.3 Å². The third-order valence-corrected chi connectivity index (χ3v) is 4.06. The van der Waals surface area contributed by atoms with E-state index in [1.807, 2.05) is 42.5 Å². The fraction of sp³-hybridized carbons (Fsp3) is 0.176. The van der Waals surface area contributed by atoms with E-state index in [0.29, 0.717) is 6.61 Å². The number of fused-ring (bicyclic) bond motifs is 1. The fourth-order valence-corrected chi connectivity index (χ4v) is 2.55. The lowest BCUT2D eigenvalue weighted by molar-refractivity contribution is 0.319. The maximum absolute atomic E-state index is 5.93. The molecule has 0 unspecified atom stereocenters. The Morgan fingerprint density at radius 2 is 1.90 bits per heavy atom. The number of halogens is 2. The predicted octanol–water partition coefficient (Wildman–Crippen LogP) is 5.92. The molecule has 2 aromatic carbocycles. The number of ether oxygens (including phenoxy) is 1. The lowest BCUT2D eigenvalue weighted by atomic mass is 10.1. The Morgan fingerprint density at radius 1 is 1.10 bits per heavy atom. The molecule has 0 aliphatic heterocycles. The van der Waals surface area contributed by atoms with Crippen molar-refractivity contribution in [2.75, 3.05) is 11.9 Å². The SMILES string of the molecule is Clc1ccc(-c2coc3cc(OCCCBr)ccc23)cc1. The van der Waals surface area contributed by atoms with Crippen molar-refractivity contribution in [2.45, 2.75) is 6.42 Å². The third-order valence-electron chi connectivity index (χ3n) is 3.25. The van der Waals surface area contributed by atoms with Crippen LogP contribution in [-0.4, -0.2) is 11.9 Å². The monoisotopic (exact) mass is 364 g/mol. The summed E-state index contributed by atoms with van der Waals surface area (Å²) in [7, 11) is 0. The Hall–Kier alpha value is -1.45. The molecular weight excluding hydrogens is 352 g/mol. The fourth-order valence-electron chi connectivity index (χ4n) is 2.20. The van der Waals surface area contributed by atoms with Gasteiger partial charge in [-0.3, -0.25) is 0 Å². The maximum atomic E-state index is 5.93. The summed E-state index contributed by atoms with van der Waals surface area (Å²) in [5, 5.41) is 2.75. The number of hydrogen-bond acceptors (Lipinski definition) is 2. The van der Waals surface area contributed by atoms with Gasteiger partial charge in [-0.15, -0.1) is 0 Å². The minimum atomic E-state index is 0.696. The smallest absolute Gasteiger partial charge is 0.138 e. The van der Waals surface area contributed by atoms with Crippen molar-refractivity contribution in [1.29, 1.82) is 0 Å².